The van der Waals surface area contributed by atoms with Crippen LogP contribution in [0.1, 0.15) is 62.3 Å². The summed E-state index contributed by atoms with van der Waals surface area (Å²) in [4.78, 5) is 34.9. The Balaban J connectivity index is 0. The third kappa shape index (κ3) is 15.5. The second-order valence-electron chi connectivity index (χ2n) is 10.3. The molecule has 0 rings (SSSR count). The predicted molar refractivity (Wildman–Crippen MR) is 120 cm³/mol. The lowest BCUT2D eigenvalue weighted by Gasteiger charge is -2.31. The van der Waals surface area contributed by atoms with Crippen LogP contribution in [0.25, 0.3) is 0 Å². The molecule has 0 heterocycles. The van der Waals surface area contributed by atoms with Crippen molar-refractivity contribution in [3.63, 3.8) is 0 Å². The molecule has 0 aliphatic rings. The van der Waals surface area contributed by atoms with E-state index in [1.54, 1.807) is 20.8 Å². The van der Waals surface area contributed by atoms with Gasteiger partial charge in [-0.3, -0.25) is 9.59 Å². The number of ether oxygens (including phenoxy) is 1. The van der Waals surface area contributed by atoms with Crippen LogP contribution >= 0.6 is 0 Å². The van der Waals surface area contributed by atoms with E-state index >= 15 is 0 Å². The number of amides is 3. The van der Waals surface area contributed by atoms with E-state index in [1.165, 1.54) is 0 Å². The summed E-state index contributed by atoms with van der Waals surface area (Å²) in [6.45, 7) is 16.7. The summed E-state index contributed by atoms with van der Waals surface area (Å²) in [6, 6.07) is -1.25. The molecule has 0 spiro atoms. The molecule has 0 aliphatic carbocycles. The maximum Gasteiger partial charge on any atom is 0.408 e. The molecule has 0 bridgehead atoms. The Morgan fingerprint density at radius 1 is 0.806 bits per heavy atom. The van der Waals surface area contributed by atoms with Gasteiger partial charge in [-0.1, -0.05) is 41.5 Å². The summed E-state index contributed by atoms with van der Waals surface area (Å²) in [5.41, 5.74) is 4.33. The quantitative estimate of drug-likeness (QED) is 0.330. The first-order valence-corrected chi connectivity index (χ1v) is 10.4. The van der Waals surface area contributed by atoms with Crippen molar-refractivity contribution >= 4 is 17.9 Å². The average molecular weight is 449 g/mol. The number of alkyl carbamates (subject to hydrolysis) is 1. The van der Waals surface area contributed by atoms with E-state index in [4.69, 9.17) is 20.7 Å². The van der Waals surface area contributed by atoms with Crippen LogP contribution < -0.4 is 21.7 Å². The van der Waals surface area contributed by atoms with E-state index in [9.17, 15) is 14.4 Å². The van der Waals surface area contributed by atoms with Gasteiger partial charge in [0, 0.05) is 13.1 Å². The Bertz CT molecular complexity index is 562. The zero-order valence-electron chi connectivity index (χ0n) is 20.6. The number of carbonyl (C=O) groups is 3. The number of carbonyl (C=O) groups excluding carboxylic acids is 3. The van der Waals surface area contributed by atoms with E-state index < -0.39 is 29.2 Å². The number of hydrogen-bond acceptors (Lipinski definition) is 7. The Morgan fingerprint density at radius 3 is 1.55 bits per heavy atom. The molecular weight excluding hydrogens is 404 g/mol. The Labute approximate surface area is 186 Å². The SMILES string of the molecule is CC(C)(C)OC(=O)N[C@H](C(=O)NCCO)C(C)(C)C.CC(C)(C)[C@H](N)C(=O)NCCO. The number of nitrogens with one attached hydrogen (secondary N) is 3. The molecule has 3 amide bonds. The van der Waals surface area contributed by atoms with Crippen molar-refractivity contribution in [3.05, 3.63) is 0 Å². The first kappa shape index (κ1) is 31.3. The molecule has 0 fully saturated rings. The van der Waals surface area contributed by atoms with Crippen molar-refractivity contribution in [1.29, 1.82) is 0 Å². The summed E-state index contributed by atoms with van der Waals surface area (Å²) < 4.78 is 5.14. The Hall–Kier alpha value is -1.91. The summed E-state index contributed by atoms with van der Waals surface area (Å²) in [5.74, 6) is -0.552. The first-order valence-electron chi connectivity index (χ1n) is 10.4. The largest absolute Gasteiger partial charge is 0.444 e. The van der Waals surface area contributed by atoms with E-state index in [0.29, 0.717) is 0 Å². The summed E-state index contributed by atoms with van der Waals surface area (Å²) >= 11 is 0. The number of nitrogens with two attached hydrogens (primary N) is 1. The molecule has 7 N–H and O–H groups in total. The molecule has 10 heteroatoms. The fraction of sp³-hybridized carbons (Fsp3) is 0.857. The molecule has 0 aromatic carbocycles. The van der Waals surface area contributed by atoms with Crippen molar-refractivity contribution in [3.8, 4) is 0 Å². The molecule has 0 aliphatic heterocycles. The lowest BCUT2D eigenvalue weighted by atomic mass is 9.86. The van der Waals surface area contributed by atoms with Crippen molar-refractivity contribution < 1.29 is 29.3 Å². The molecule has 31 heavy (non-hydrogen) atoms. The topological polar surface area (TPSA) is 163 Å². The van der Waals surface area contributed by atoms with Crippen LogP contribution in [-0.4, -0.2) is 72.1 Å². The summed E-state index contributed by atoms with van der Waals surface area (Å²) in [5, 5.41) is 24.8. The van der Waals surface area contributed by atoms with E-state index in [0.717, 1.165) is 0 Å². The van der Waals surface area contributed by atoms with Crippen LogP contribution in [0.15, 0.2) is 0 Å². The molecule has 0 radical (unpaired) electrons. The summed E-state index contributed by atoms with van der Waals surface area (Å²) in [6.07, 6.45) is -0.633. The highest BCUT2D eigenvalue weighted by molar-refractivity contribution is 5.86. The minimum atomic E-state index is -0.728. The van der Waals surface area contributed by atoms with Crippen LogP contribution in [0.5, 0.6) is 0 Å². The second-order valence-corrected chi connectivity index (χ2v) is 10.3. The van der Waals surface area contributed by atoms with E-state index in [2.05, 4.69) is 16.0 Å². The van der Waals surface area contributed by atoms with Gasteiger partial charge in [0.25, 0.3) is 0 Å². The van der Waals surface area contributed by atoms with Gasteiger partial charge in [-0.15, -0.1) is 0 Å². The minimum Gasteiger partial charge on any atom is -0.444 e. The van der Waals surface area contributed by atoms with Gasteiger partial charge in [-0.25, -0.2) is 4.79 Å². The highest BCUT2D eigenvalue weighted by Crippen LogP contribution is 2.20. The molecule has 0 aromatic heterocycles. The monoisotopic (exact) mass is 448 g/mol. The molecule has 0 unspecified atom stereocenters. The van der Waals surface area contributed by atoms with Gasteiger partial charge >= 0.3 is 6.09 Å². The fourth-order valence-corrected chi connectivity index (χ4v) is 2.06. The summed E-state index contributed by atoms with van der Waals surface area (Å²) in [7, 11) is 0. The third-order valence-electron chi connectivity index (χ3n) is 3.83. The number of aliphatic hydroxyl groups excluding tert-OH is 2. The van der Waals surface area contributed by atoms with Gasteiger partial charge in [0.15, 0.2) is 0 Å². The van der Waals surface area contributed by atoms with Crippen molar-refractivity contribution in [2.24, 2.45) is 16.6 Å². The number of rotatable bonds is 7. The van der Waals surface area contributed by atoms with Gasteiger partial charge in [-0.2, -0.15) is 0 Å². The van der Waals surface area contributed by atoms with Crippen LogP contribution in [-0.2, 0) is 14.3 Å². The van der Waals surface area contributed by atoms with Gasteiger partial charge in [0.2, 0.25) is 11.8 Å². The minimum absolute atomic E-state index is 0.0530. The highest BCUT2D eigenvalue weighted by atomic mass is 16.6. The second kappa shape index (κ2) is 13.5. The molecular formula is C21H44N4O6. The molecule has 10 nitrogen and oxygen atoms in total. The smallest absolute Gasteiger partial charge is 0.408 e. The molecule has 0 saturated carbocycles. The Morgan fingerprint density at radius 2 is 1.23 bits per heavy atom. The third-order valence-corrected chi connectivity index (χ3v) is 3.83. The van der Waals surface area contributed by atoms with Crippen LogP contribution in [0.2, 0.25) is 0 Å². The predicted octanol–water partition coefficient (Wildman–Crippen LogP) is 0.503. The normalized spacial score (nSPS) is 13.8. The number of aliphatic hydroxyl groups is 2. The maximum atomic E-state index is 12.0. The van der Waals surface area contributed by atoms with Crippen molar-refractivity contribution in [1.82, 2.24) is 16.0 Å². The van der Waals surface area contributed by atoms with Crippen molar-refractivity contribution in [2.45, 2.75) is 80.0 Å². The lowest BCUT2D eigenvalue weighted by Crippen LogP contribution is -2.54. The standard InChI is InChI=1S/C13H26N2O4.C8H18N2O2/c1-12(2,3)9(10(17)14-7-8-16)15-11(18)19-13(4,5)6;1-8(2,3)6(9)7(12)10-4-5-11/h9,16H,7-8H2,1-6H3,(H,14,17)(H,15,18);6,11H,4-5,9H2,1-3H3,(H,10,12)/t9-;6-/m11/s1. The first-order chi connectivity index (χ1) is 13.9. The molecule has 0 saturated heterocycles. The van der Waals surface area contributed by atoms with Crippen LogP contribution in [0.4, 0.5) is 4.79 Å². The molecule has 184 valence electrons. The van der Waals surface area contributed by atoms with Gasteiger partial charge in [0.05, 0.1) is 19.3 Å². The lowest BCUT2D eigenvalue weighted by molar-refractivity contribution is -0.126. The van der Waals surface area contributed by atoms with Gasteiger partial charge in [0.1, 0.15) is 11.6 Å². The van der Waals surface area contributed by atoms with Crippen LogP contribution in [0, 0.1) is 10.8 Å². The zero-order valence-corrected chi connectivity index (χ0v) is 20.6. The van der Waals surface area contributed by atoms with Crippen molar-refractivity contribution in [2.75, 3.05) is 26.3 Å². The highest BCUT2D eigenvalue weighted by Gasteiger charge is 2.34. The zero-order chi connectivity index (χ0) is 25.0. The maximum absolute atomic E-state index is 12.0. The van der Waals surface area contributed by atoms with E-state index in [-0.39, 0.29) is 43.5 Å². The molecule has 2 atom stereocenters. The molecule has 0 aromatic rings. The van der Waals surface area contributed by atoms with Crippen LogP contribution in [0.3, 0.4) is 0 Å². The van der Waals surface area contributed by atoms with Gasteiger partial charge < -0.3 is 36.6 Å². The fourth-order valence-electron chi connectivity index (χ4n) is 2.06. The van der Waals surface area contributed by atoms with E-state index in [1.807, 2.05) is 41.5 Å². The Kier molecular flexibility index (Phi) is 13.6. The number of hydrogen-bond donors (Lipinski definition) is 6. The van der Waals surface area contributed by atoms with Gasteiger partial charge in [-0.05, 0) is 31.6 Å². The average Bonchev–Trinajstić information content (AvgIpc) is 2.58.